The molecule has 0 unspecified atom stereocenters. The summed E-state index contributed by atoms with van der Waals surface area (Å²) in [5, 5.41) is 8.50. The van der Waals surface area contributed by atoms with Crippen LogP contribution in [0.4, 0.5) is 0 Å². The van der Waals surface area contributed by atoms with E-state index in [-0.39, 0.29) is 0 Å². The van der Waals surface area contributed by atoms with Gasteiger partial charge in [0.1, 0.15) is 0 Å². The summed E-state index contributed by atoms with van der Waals surface area (Å²) in [6.07, 6.45) is 9.11. The molecule has 1 saturated heterocycles. The van der Waals surface area contributed by atoms with E-state index < -0.39 is 5.97 Å². The van der Waals surface area contributed by atoms with E-state index in [9.17, 15) is 4.79 Å². The maximum Gasteiger partial charge on any atom is 0.303 e. The van der Waals surface area contributed by atoms with Crippen LogP contribution in [-0.4, -0.2) is 37.5 Å². The molecule has 1 fully saturated rings. The minimum absolute atomic E-state index is 0.314. The molecular weight excluding hydrogens is 244 g/mol. The summed E-state index contributed by atoms with van der Waals surface area (Å²) >= 11 is 0. The van der Waals surface area contributed by atoms with Gasteiger partial charge in [-0.2, -0.15) is 0 Å². The number of carboxylic acid groups (broad SMARTS) is 1. The van der Waals surface area contributed by atoms with E-state index in [4.69, 9.17) is 14.6 Å². The zero-order valence-electron chi connectivity index (χ0n) is 11.9. The Balaban J connectivity index is 1.74. The van der Waals surface area contributed by atoms with E-state index in [2.05, 4.69) is 0 Å². The van der Waals surface area contributed by atoms with Crippen molar-refractivity contribution in [3.05, 3.63) is 0 Å². The monoisotopic (exact) mass is 272 g/mol. The summed E-state index contributed by atoms with van der Waals surface area (Å²) in [5.41, 5.74) is 0. The molecule has 0 aromatic heterocycles. The van der Waals surface area contributed by atoms with Gasteiger partial charge in [0, 0.05) is 32.8 Å². The lowest BCUT2D eigenvalue weighted by Gasteiger charge is -2.21. The predicted molar refractivity (Wildman–Crippen MR) is 74.3 cm³/mol. The van der Waals surface area contributed by atoms with E-state index in [0.29, 0.717) is 12.3 Å². The van der Waals surface area contributed by atoms with Crippen molar-refractivity contribution in [3.8, 4) is 0 Å². The third-order valence-electron chi connectivity index (χ3n) is 3.62. The second kappa shape index (κ2) is 11.2. The maximum atomic E-state index is 10.3. The van der Waals surface area contributed by atoms with Gasteiger partial charge in [-0.3, -0.25) is 4.79 Å². The average Bonchev–Trinajstić information content (AvgIpc) is 2.42. The van der Waals surface area contributed by atoms with Crippen LogP contribution in [0.3, 0.4) is 0 Å². The van der Waals surface area contributed by atoms with E-state index in [1.54, 1.807) is 0 Å². The first-order valence-electron chi connectivity index (χ1n) is 7.66. The topological polar surface area (TPSA) is 55.8 Å². The van der Waals surface area contributed by atoms with Gasteiger partial charge in [-0.1, -0.05) is 25.7 Å². The molecule has 1 N–H and O–H groups in total. The first kappa shape index (κ1) is 16.4. The molecule has 112 valence electrons. The first-order valence-corrected chi connectivity index (χ1v) is 7.66. The Kier molecular flexibility index (Phi) is 9.72. The van der Waals surface area contributed by atoms with Gasteiger partial charge in [-0.05, 0) is 31.6 Å². The Morgan fingerprint density at radius 3 is 2.37 bits per heavy atom. The van der Waals surface area contributed by atoms with Gasteiger partial charge < -0.3 is 14.6 Å². The zero-order valence-corrected chi connectivity index (χ0v) is 11.9. The molecule has 0 saturated carbocycles. The molecule has 1 heterocycles. The van der Waals surface area contributed by atoms with Crippen molar-refractivity contribution in [1.29, 1.82) is 0 Å². The Morgan fingerprint density at radius 2 is 1.68 bits per heavy atom. The Morgan fingerprint density at radius 1 is 1.05 bits per heavy atom. The summed E-state index contributed by atoms with van der Waals surface area (Å²) in [4.78, 5) is 10.3. The highest BCUT2D eigenvalue weighted by atomic mass is 16.5. The first-order chi connectivity index (χ1) is 9.29. The minimum atomic E-state index is -0.679. The molecule has 0 amide bonds. The second-order valence-electron chi connectivity index (χ2n) is 5.40. The molecule has 0 spiro atoms. The van der Waals surface area contributed by atoms with E-state index in [1.165, 1.54) is 12.8 Å². The van der Waals surface area contributed by atoms with Crippen LogP contribution in [-0.2, 0) is 14.3 Å². The molecule has 1 aliphatic rings. The van der Waals surface area contributed by atoms with Crippen molar-refractivity contribution >= 4 is 5.97 Å². The number of unbranched alkanes of at least 4 members (excludes halogenated alkanes) is 5. The fraction of sp³-hybridized carbons (Fsp3) is 0.933. The molecule has 0 bridgehead atoms. The lowest BCUT2D eigenvalue weighted by molar-refractivity contribution is -0.137. The van der Waals surface area contributed by atoms with Gasteiger partial charge in [0.2, 0.25) is 0 Å². The Hall–Kier alpha value is -0.610. The largest absolute Gasteiger partial charge is 0.481 e. The van der Waals surface area contributed by atoms with Crippen LogP contribution in [0.15, 0.2) is 0 Å². The third kappa shape index (κ3) is 9.91. The SMILES string of the molecule is O=C(O)CCCCCCCCOCC1CCOCC1. The minimum Gasteiger partial charge on any atom is -0.481 e. The Labute approximate surface area is 116 Å². The number of aliphatic carboxylic acids is 1. The lowest BCUT2D eigenvalue weighted by Crippen LogP contribution is -2.20. The van der Waals surface area contributed by atoms with Crippen LogP contribution in [0, 0.1) is 5.92 Å². The average molecular weight is 272 g/mol. The molecular formula is C15H28O4. The molecule has 0 aromatic carbocycles. The third-order valence-corrected chi connectivity index (χ3v) is 3.62. The predicted octanol–water partition coefficient (Wildman–Crippen LogP) is 3.24. The molecule has 0 aliphatic carbocycles. The lowest BCUT2D eigenvalue weighted by atomic mass is 10.0. The Bertz CT molecular complexity index is 224. The fourth-order valence-corrected chi connectivity index (χ4v) is 2.35. The van der Waals surface area contributed by atoms with Crippen molar-refractivity contribution < 1.29 is 19.4 Å². The molecule has 0 aromatic rings. The van der Waals surface area contributed by atoms with Crippen LogP contribution in [0.5, 0.6) is 0 Å². The zero-order chi connectivity index (χ0) is 13.8. The van der Waals surface area contributed by atoms with Crippen molar-refractivity contribution in [1.82, 2.24) is 0 Å². The maximum absolute atomic E-state index is 10.3. The molecule has 1 rings (SSSR count). The van der Waals surface area contributed by atoms with Gasteiger partial charge in [0.25, 0.3) is 0 Å². The summed E-state index contributed by atoms with van der Waals surface area (Å²) in [6.45, 7) is 3.54. The van der Waals surface area contributed by atoms with Crippen LogP contribution < -0.4 is 0 Å². The normalized spacial score (nSPS) is 16.6. The summed E-state index contributed by atoms with van der Waals surface area (Å²) < 4.78 is 11.0. The summed E-state index contributed by atoms with van der Waals surface area (Å²) in [7, 11) is 0. The highest BCUT2D eigenvalue weighted by Crippen LogP contribution is 2.15. The summed E-state index contributed by atoms with van der Waals surface area (Å²) in [6, 6.07) is 0. The quantitative estimate of drug-likeness (QED) is 0.587. The van der Waals surface area contributed by atoms with Crippen molar-refractivity contribution in [2.45, 2.75) is 57.8 Å². The fourth-order valence-electron chi connectivity index (χ4n) is 2.35. The van der Waals surface area contributed by atoms with Crippen LogP contribution in [0.1, 0.15) is 57.8 Å². The molecule has 19 heavy (non-hydrogen) atoms. The molecule has 4 nitrogen and oxygen atoms in total. The van der Waals surface area contributed by atoms with Crippen LogP contribution in [0.25, 0.3) is 0 Å². The molecule has 1 aliphatic heterocycles. The second-order valence-corrected chi connectivity index (χ2v) is 5.40. The number of carbonyl (C=O) groups is 1. The van der Waals surface area contributed by atoms with Crippen LogP contribution in [0.2, 0.25) is 0 Å². The van der Waals surface area contributed by atoms with Gasteiger partial charge in [0.05, 0.1) is 0 Å². The van der Waals surface area contributed by atoms with Crippen molar-refractivity contribution in [2.75, 3.05) is 26.4 Å². The van der Waals surface area contributed by atoms with E-state index in [1.807, 2.05) is 0 Å². The van der Waals surface area contributed by atoms with Crippen molar-refractivity contribution in [3.63, 3.8) is 0 Å². The van der Waals surface area contributed by atoms with Gasteiger partial charge in [-0.25, -0.2) is 0 Å². The van der Waals surface area contributed by atoms with Gasteiger partial charge in [0.15, 0.2) is 0 Å². The number of hydrogen-bond donors (Lipinski definition) is 1. The number of ether oxygens (including phenoxy) is 2. The van der Waals surface area contributed by atoms with Gasteiger partial charge in [-0.15, -0.1) is 0 Å². The number of hydrogen-bond acceptors (Lipinski definition) is 3. The van der Waals surface area contributed by atoms with E-state index >= 15 is 0 Å². The highest BCUT2D eigenvalue weighted by molar-refractivity contribution is 5.66. The summed E-state index contributed by atoms with van der Waals surface area (Å²) in [5.74, 6) is 0.0197. The number of rotatable bonds is 11. The standard InChI is InChI=1S/C15H28O4/c16-15(17)7-5-3-1-2-4-6-10-19-13-14-8-11-18-12-9-14/h14H,1-13H2,(H,16,17). The van der Waals surface area contributed by atoms with Crippen molar-refractivity contribution in [2.24, 2.45) is 5.92 Å². The molecule has 0 atom stereocenters. The smallest absolute Gasteiger partial charge is 0.303 e. The molecule has 4 heteroatoms. The van der Waals surface area contributed by atoms with Crippen LogP contribution >= 0.6 is 0 Å². The van der Waals surface area contributed by atoms with Gasteiger partial charge >= 0.3 is 5.97 Å². The van der Waals surface area contributed by atoms with E-state index in [0.717, 1.165) is 65.0 Å². The highest BCUT2D eigenvalue weighted by Gasteiger charge is 2.13. The molecule has 0 radical (unpaired) electrons. The number of carboxylic acids is 1.